The van der Waals surface area contributed by atoms with Gasteiger partial charge in [-0.2, -0.15) is 0 Å². The number of hydrogen-bond acceptors (Lipinski definition) is 3. The van der Waals surface area contributed by atoms with E-state index < -0.39 is 11.9 Å². The van der Waals surface area contributed by atoms with Crippen LogP contribution >= 0.6 is 0 Å². The van der Waals surface area contributed by atoms with Crippen molar-refractivity contribution in [2.45, 2.75) is 26.2 Å². The summed E-state index contributed by atoms with van der Waals surface area (Å²) in [6, 6.07) is -0.278. The van der Waals surface area contributed by atoms with E-state index in [1.807, 2.05) is 11.8 Å². The summed E-state index contributed by atoms with van der Waals surface area (Å²) in [4.78, 5) is 38.1. The lowest BCUT2D eigenvalue weighted by Crippen LogP contribution is -2.40. The van der Waals surface area contributed by atoms with Gasteiger partial charge in [0.2, 0.25) is 5.91 Å². The maximum absolute atomic E-state index is 12.0. The molecule has 0 saturated carbocycles. The van der Waals surface area contributed by atoms with Gasteiger partial charge < -0.3 is 20.2 Å². The second-order valence-electron chi connectivity index (χ2n) is 5.90. The quantitative estimate of drug-likeness (QED) is 0.784. The number of hydrogen-bond donors (Lipinski definition) is 2. The number of carbonyl (C=O) groups excluding carboxylic acids is 2. The van der Waals surface area contributed by atoms with Crippen LogP contribution in [0.5, 0.6) is 0 Å². The van der Waals surface area contributed by atoms with E-state index in [0.717, 1.165) is 25.9 Å². The van der Waals surface area contributed by atoms with Crippen LogP contribution in [0.2, 0.25) is 0 Å². The number of nitrogens with one attached hydrogen (secondary N) is 1. The Balaban J connectivity index is 1.70. The normalized spacial score (nSPS) is 25.2. The highest BCUT2D eigenvalue weighted by atomic mass is 16.4. The first-order valence-electron chi connectivity index (χ1n) is 7.52. The fourth-order valence-electron chi connectivity index (χ4n) is 2.97. The maximum Gasteiger partial charge on any atom is 0.317 e. The molecule has 0 bridgehead atoms. The number of nitrogens with zero attached hydrogens (tertiary/aromatic N) is 2. The Kier molecular flexibility index (Phi) is 5.03. The summed E-state index contributed by atoms with van der Waals surface area (Å²) >= 11 is 0. The monoisotopic (exact) mass is 297 g/mol. The van der Waals surface area contributed by atoms with Crippen LogP contribution in [-0.4, -0.2) is 65.5 Å². The van der Waals surface area contributed by atoms with Gasteiger partial charge in [-0.25, -0.2) is 4.79 Å². The van der Waals surface area contributed by atoms with Crippen LogP contribution in [0, 0.1) is 11.8 Å². The minimum atomic E-state index is -0.859. The highest BCUT2D eigenvalue weighted by Crippen LogP contribution is 2.22. The number of amides is 3. The van der Waals surface area contributed by atoms with Gasteiger partial charge in [-0.05, 0) is 18.8 Å². The molecule has 2 fully saturated rings. The number of urea groups is 1. The van der Waals surface area contributed by atoms with E-state index in [9.17, 15) is 14.4 Å². The van der Waals surface area contributed by atoms with Gasteiger partial charge >= 0.3 is 12.0 Å². The molecule has 7 heteroatoms. The lowest BCUT2D eigenvalue weighted by Gasteiger charge is -2.18. The molecule has 2 heterocycles. The van der Waals surface area contributed by atoms with Crippen molar-refractivity contribution in [1.82, 2.24) is 15.1 Å². The van der Waals surface area contributed by atoms with Crippen LogP contribution in [-0.2, 0) is 9.59 Å². The Morgan fingerprint density at radius 2 is 1.81 bits per heavy atom. The standard InChI is InChI=1S/C14H23N3O4/c1-10-8-17(9-11(10)13(19)20)14(21)15-5-4-12(18)16-6-2-3-7-16/h10-11H,2-9H2,1H3,(H,15,21)(H,19,20). The summed E-state index contributed by atoms with van der Waals surface area (Å²) in [5, 5.41) is 11.8. The third-order valence-electron chi connectivity index (χ3n) is 4.29. The predicted octanol–water partition coefficient (Wildman–Crippen LogP) is 0.361. The second kappa shape index (κ2) is 6.78. The van der Waals surface area contributed by atoms with Gasteiger partial charge in [-0.15, -0.1) is 0 Å². The van der Waals surface area contributed by atoms with E-state index in [0.29, 0.717) is 19.5 Å². The van der Waals surface area contributed by atoms with Crippen LogP contribution in [0.15, 0.2) is 0 Å². The van der Waals surface area contributed by atoms with E-state index >= 15 is 0 Å². The summed E-state index contributed by atoms with van der Waals surface area (Å²) in [7, 11) is 0. The Bertz CT molecular complexity index is 420. The van der Waals surface area contributed by atoms with Gasteiger partial charge in [-0.3, -0.25) is 9.59 Å². The minimum absolute atomic E-state index is 0.0421. The summed E-state index contributed by atoms with van der Waals surface area (Å²) < 4.78 is 0. The molecule has 2 rings (SSSR count). The molecule has 7 nitrogen and oxygen atoms in total. The molecule has 0 aromatic carbocycles. The van der Waals surface area contributed by atoms with E-state index in [4.69, 9.17) is 5.11 Å². The van der Waals surface area contributed by atoms with E-state index in [-0.39, 0.29) is 24.4 Å². The van der Waals surface area contributed by atoms with E-state index in [1.165, 1.54) is 4.90 Å². The Hall–Kier alpha value is -1.79. The molecule has 2 unspecified atom stereocenters. The first kappa shape index (κ1) is 15.6. The smallest absolute Gasteiger partial charge is 0.317 e. The first-order valence-corrected chi connectivity index (χ1v) is 7.52. The molecule has 0 aromatic heterocycles. The number of carbonyl (C=O) groups is 3. The summed E-state index contributed by atoms with van der Waals surface area (Å²) in [5.74, 6) is -1.32. The zero-order valence-electron chi connectivity index (χ0n) is 12.4. The summed E-state index contributed by atoms with van der Waals surface area (Å²) in [6.45, 7) is 4.46. The highest BCUT2D eigenvalue weighted by molar-refractivity contribution is 5.79. The topological polar surface area (TPSA) is 90.0 Å². The van der Waals surface area contributed by atoms with Gasteiger partial charge in [0.1, 0.15) is 0 Å². The molecule has 3 amide bonds. The van der Waals surface area contributed by atoms with Crippen molar-refractivity contribution in [2.75, 3.05) is 32.7 Å². The van der Waals surface area contributed by atoms with Gasteiger partial charge in [0.25, 0.3) is 0 Å². The van der Waals surface area contributed by atoms with Crippen molar-refractivity contribution in [1.29, 1.82) is 0 Å². The van der Waals surface area contributed by atoms with Gasteiger partial charge in [0.15, 0.2) is 0 Å². The zero-order chi connectivity index (χ0) is 15.4. The van der Waals surface area contributed by atoms with Crippen LogP contribution in [0.25, 0.3) is 0 Å². The Morgan fingerprint density at radius 1 is 1.14 bits per heavy atom. The van der Waals surface area contributed by atoms with E-state index in [1.54, 1.807) is 0 Å². The minimum Gasteiger partial charge on any atom is -0.481 e. The van der Waals surface area contributed by atoms with Crippen LogP contribution in [0.1, 0.15) is 26.2 Å². The van der Waals surface area contributed by atoms with Crippen LogP contribution in [0.3, 0.4) is 0 Å². The molecular weight excluding hydrogens is 274 g/mol. The number of carboxylic acids is 1. The number of rotatable bonds is 4. The molecule has 2 aliphatic rings. The molecule has 2 N–H and O–H groups in total. The molecule has 21 heavy (non-hydrogen) atoms. The second-order valence-corrected chi connectivity index (χ2v) is 5.90. The average Bonchev–Trinajstić information content (AvgIpc) is 3.07. The Labute approximate surface area is 124 Å². The molecule has 0 radical (unpaired) electrons. The molecular formula is C14H23N3O4. The Morgan fingerprint density at radius 3 is 2.38 bits per heavy atom. The zero-order valence-corrected chi connectivity index (χ0v) is 12.4. The molecule has 0 spiro atoms. The number of likely N-dealkylation sites (tertiary alicyclic amines) is 2. The van der Waals surface area contributed by atoms with Crippen LogP contribution < -0.4 is 5.32 Å². The number of aliphatic carboxylic acids is 1. The lowest BCUT2D eigenvalue weighted by atomic mass is 9.99. The third-order valence-corrected chi connectivity index (χ3v) is 4.29. The molecule has 0 aromatic rings. The summed E-state index contributed by atoms with van der Waals surface area (Å²) in [5.41, 5.74) is 0. The van der Waals surface area contributed by atoms with Gasteiger partial charge in [-0.1, -0.05) is 6.92 Å². The van der Waals surface area contributed by atoms with Crippen molar-refractivity contribution in [3.05, 3.63) is 0 Å². The third kappa shape index (κ3) is 3.86. The molecule has 2 aliphatic heterocycles. The van der Waals surface area contributed by atoms with Crippen LogP contribution in [0.4, 0.5) is 4.79 Å². The van der Waals surface area contributed by atoms with Crippen molar-refractivity contribution in [3.8, 4) is 0 Å². The van der Waals surface area contributed by atoms with Gasteiger partial charge in [0.05, 0.1) is 5.92 Å². The largest absolute Gasteiger partial charge is 0.481 e. The fourth-order valence-corrected chi connectivity index (χ4v) is 2.97. The predicted molar refractivity (Wildman–Crippen MR) is 75.7 cm³/mol. The van der Waals surface area contributed by atoms with E-state index in [2.05, 4.69) is 5.32 Å². The van der Waals surface area contributed by atoms with Gasteiger partial charge in [0, 0.05) is 39.1 Å². The lowest BCUT2D eigenvalue weighted by molar-refractivity contribution is -0.142. The van der Waals surface area contributed by atoms with Crippen molar-refractivity contribution >= 4 is 17.9 Å². The SMILES string of the molecule is CC1CN(C(=O)NCCC(=O)N2CCCC2)CC1C(=O)O. The first-order chi connectivity index (χ1) is 9.99. The van der Waals surface area contributed by atoms with Crippen molar-refractivity contribution < 1.29 is 19.5 Å². The summed E-state index contributed by atoms with van der Waals surface area (Å²) in [6.07, 6.45) is 2.41. The molecule has 2 atom stereocenters. The molecule has 0 aliphatic carbocycles. The molecule has 118 valence electrons. The molecule has 2 saturated heterocycles. The van der Waals surface area contributed by atoms with Crippen molar-refractivity contribution in [3.63, 3.8) is 0 Å². The fraction of sp³-hybridized carbons (Fsp3) is 0.786. The highest BCUT2D eigenvalue weighted by Gasteiger charge is 2.36. The maximum atomic E-state index is 12.0. The van der Waals surface area contributed by atoms with Crippen molar-refractivity contribution in [2.24, 2.45) is 11.8 Å². The average molecular weight is 297 g/mol. The number of carboxylic acid groups (broad SMARTS) is 1.